The molecule has 98 valence electrons. The number of hydrogen-bond donors (Lipinski definition) is 2. The summed E-state index contributed by atoms with van der Waals surface area (Å²) in [6.07, 6.45) is 0. The van der Waals surface area contributed by atoms with Crippen molar-refractivity contribution in [1.29, 1.82) is 0 Å². The van der Waals surface area contributed by atoms with Gasteiger partial charge in [-0.3, -0.25) is 4.79 Å². The van der Waals surface area contributed by atoms with Crippen molar-refractivity contribution >= 4 is 11.9 Å². The second kappa shape index (κ2) is 5.97. The lowest BCUT2D eigenvalue weighted by Gasteiger charge is -2.38. The molecule has 0 spiro atoms. The maximum Gasteiger partial charge on any atom is 0.329 e. The number of carbonyl (C=O) groups excluding carboxylic acids is 2. The Morgan fingerprint density at radius 1 is 1.47 bits per heavy atom. The minimum absolute atomic E-state index is 0.136. The highest BCUT2D eigenvalue weighted by molar-refractivity contribution is 5.83. The van der Waals surface area contributed by atoms with Crippen molar-refractivity contribution in [3.8, 4) is 0 Å². The van der Waals surface area contributed by atoms with E-state index in [4.69, 9.17) is 4.74 Å². The second-order valence-electron chi connectivity index (χ2n) is 4.71. The van der Waals surface area contributed by atoms with Crippen LogP contribution >= 0.6 is 0 Å². The predicted molar refractivity (Wildman–Crippen MR) is 61.4 cm³/mol. The van der Waals surface area contributed by atoms with Crippen LogP contribution in [0, 0.1) is 5.41 Å². The maximum absolute atomic E-state index is 11.4. The van der Waals surface area contributed by atoms with Crippen molar-refractivity contribution in [3.05, 3.63) is 0 Å². The lowest BCUT2D eigenvalue weighted by Crippen LogP contribution is -2.52. The van der Waals surface area contributed by atoms with Gasteiger partial charge in [-0.15, -0.1) is 0 Å². The molecule has 6 nitrogen and oxygen atoms in total. The zero-order valence-electron chi connectivity index (χ0n) is 10.5. The molecule has 6 heteroatoms. The maximum atomic E-state index is 11.4. The Labute approximate surface area is 101 Å². The highest BCUT2D eigenvalue weighted by Crippen LogP contribution is 2.24. The highest BCUT2D eigenvalue weighted by Gasteiger charge is 2.33. The zero-order chi connectivity index (χ0) is 12.9. The van der Waals surface area contributed by atoms with Gasteiger partial charge in [-0.1, -0.05) is 6.92 Å². The normalized spacial score (nSPS) is 19.0. The Morgan fingerprint density at radius 2 is 2.12 bits per heavy atom. The summed E-state index contributed by atoms with van der Waals surface area (Å²) in [6.45, 7) is 6.04. The van der Waals surface area contributed by atoms with Gasteiger partial charge in [0, 0.05) is 25.4 Å². The standard InChI is InChI=1S/C11H20N2O4/c1-8(14)13-9(10(15)16-3)4-12-5-11(2)6-17-7-11/h9,12H,4-7H2,1-3H3,(H,13,14). The van der Waals surface area contributed by atoms with E-state index >= 15 is 0 Å². The molecule has 1 aliphatic heterocycles. The van der Waals surface area contributed by atoms with Gasteiger partial charge in [-0.2, -0.15) is 0 Å². The monoisotopic (exact) mass is 244 g/mol. The first kappa shape index (κ1) is 13.9. The number of amides is 1. The van der Waals surface area contributed by atoms with E-state index < -0.39 is 12.0 Å². The van der Waals surface area contributed by atoms with Crippen LogP contribution in [0.25, 0.3) is 0 Å². The quantitative estimate of drug-likeness (QED) is 0.604. The molecule has 17 heavy (non-hydrogen) atoms. The largest absolute Gasteiger partial charge is 0.467 e. The molecule has 1 aliphatic rings. The fourth-order valence-corrected chi connectivity index (χ4v) is 1.65. The van der Waals surface area contributed by atoms with Crippen molar-refractivity contribution in [3.63, 3.8) is 0 Å². The fourth-order valence-electron chi connectivity index (χ4n) is 1.65. The van der Waals surface area contributed by atoms with Crippen LogP contribution in [0.2, 0.25) is 0 Å². The van der Waals surface area contributed by atoms with Gasteiger partial charge in [0.2, 0.25) is 5.91 Å². The molecule has 1 amide bonds. The van der Waals surface area contributed by atoms with E-state index in [1.807, 2.05) is 0 Å². The predicted octanol–water partition coefficient (Wildman–Crippen LogP) is -0.710. The molecule has 2 N–H and O–H groups in total. The van der Waals surface area contributed by atoms with Gasteiger partial charge in [-0.05, 0) is 0 Å². The highest BCUT2D eigenvalue weighted by atomic mass is 16.5. The average Bonchev–Trinajstić information content (AvgIpc) is 2.23. The minimum Gasteiger partial charge on any atom is -0.467 e. The first-order chi connectivity index (χ1) is 7.97. The van der Waals surface area contributed by atoms with Crippen molar-refractivity contribution in [2.24, 2.45) is 5.41 Å². The van der Waals surface area contributed by atoms with Gasteiger partial charge < -0.3 is 20.1 Å². The summed E-state index contributed by atoms with van der Waals surface area (Å²) in [4.78, 5) is 22.3. The molecule has 0 aliphatic carbocycles. The third-order valence-electron chi connectivity index (χ3n) is 2.66. The Kier molecular flexibility index (Phi) is 4.89. The van der Waals surface area contributed by atoms with Gasteiger partial charge in [0.15, 0.2) is 0 Å². The number of hydrogen-bond acceptors (Lipinski definition) is 5. The first-order valence-electron chi connectivity index (χ1n) is 5.60. The number of rotatable bonds is 6. The van der Waals surface area contributed by atoms with E-state index in [1.54, 1.807) is 0 Å². The van der Waals surface area contributed by atoms with E-state index in [1.165, 1.54) is 14.0 Å². The van der Waals surface area contributed by atoms with Crippen molar-refractivity contribution in [2.75, 3.05) is 33.4 Å². The first-order valence-corrected chi connectivity index (χ1v) is 5.60. The Balaban J connectivity index is 2.32. The number of methoxy groups -OCH3 is 1. The van der Waals surface area contributed by atoms with Gasteiger partial charge >= 0.3 is 5.97 Å². The van der Waals surface area contributed by atoms with Crippen LogP contribution in [0.5, 0.6) is 0 Å². The zero-order valence-corrected chi connectivity index (χ0v) is 10.5. The van der Waals surface area contributed by atoms with Gasteiger partial charge in [0.25, 0.3) is 0 Å². The molecule has 1 rings (SSSR count). The second-order valence-corrected chi connectivity index (χ2v) is 4.71. The Morgan fingerprint density at radius 3 is 2.53 bits per heavy atom. The molecule has 1 atom stereocenters. The third kappa shape index (κ3) is 4.32. The molecule has 0 aromatic heterocycles. The fraction of sp³-hybridized carbons (Fsp3) is 0.818. The molecule has 1 heterocycles. The molecule has 1 fully saturated rings. The van der Waals surface area contributed by atoms with Crippen LogP contribution < -0.4 is 10.6 Å². The van der Waals surface area contributed by atoms with Crippen LogP contribution in [0.4, 0.5) is 0 Å². The van der Waals surface area contributed by atoms with Crippen molar-refractivity contribution in [1.82, 2.24) is 10.6 Å². The summed E-state index contributed by atoms with van der Waals surface area (Å²) >= 11 is 0. The SMILES string of the molecule is COC(=O)C(CNCC1(C)COC1)NC(C)=O. The molecule has 0 aromatic carbocycles. The van der Waals surface area contributed by atoms with E-state index in [-0.39, 0.29) is 11.3 Å². The van der Waals surface area contributed by atoms with Crippen LogP contribution in [0.15, 0.2) is 0 Å². The molecular weight excluding hydrogens is 224 g/mol. The van der Waals surface area contributed by atoms with Crippen molar-refractivity contribution in [2.45, 2.75) is 19.9 Å². The molecule has 0 saturated carbocycles. The topological polar surface area (TPSA) is 76.7 Å². The van der Waals surface area contributed by atoms with E-state index in [9.17, 15) is 9.59 Å². The van der Waals surface area contributed by atoms with E-state index in [0.717, 1.165) is 19.8 Å². The van der Waals surface area contributed by atoms with Crippen LogP contribution in [0.3, 0.4) is 0 Å². The van der Waals surface area contributed by atoms with Gasteiger partial charge in [-0.25, -0.2) is 4.79 Å². The number of nitrogens with one attached hydrogen (secondary N) is 2. The molecule has 0 bridgehead atoms. The summed E-state index contributed by atoms with van der Waals surface area (Å²) in [5.74, 6) is -0.692. The van der Waals surface area contributed by atoms with Gasteiger partial charge in [0.05, 0.1) is 20.3 Å². The molecule has 1 saturated heterocycles. The third-order valence-corrected chi connectivity index (χ3v) is 2.66. The van der Waals surface area contributed by atoms with Gasteiger partial charge in [0.1, 0.15) is 6.04 Å². The summed E-state index contributed by atoms with van der Waals surface area (Å²) in [5, 5.41) is 5.70. The average molecular weight is 244 g/mol. The minimum atomic E-state index is -0.637. The summed E-state index contributed by atoms with van der Waals surface area (Å²) < 4.78 is 9.75. The molecule has 1 unspecified atom stereocenters. The number of ether oxygens (including phenoxy) is 2. The summed E-state index contributed by atoms with van der Waals surface area (Å²) in [6, 6.07) is -0.637. The van der Waals surface area contributed by atoms with Crippen LogP contribution in [0.1, 0.15) is 13.8 Å². The van der Waals surface area contributed by atoms with Crippen molar-refractivity contribution < 1.29 is 19.1 Å². The molecular formula is C11H20N2O4. The smallest absolute Gasteiger partial charge is 0.329 e. The van der Waals surface area contributed by atoms with Crippen LogP contribution in [-0.4, -0.2) is 51.3 Å². The van der Waals surface area contributed by atoms with E-state index in [0.29, 0.717) is 6.54 Å². The van der Waals surface area contributed by atoms with Crippen LogP contribution in [-0.2, 0) is 19.1 Å². The lowest BCUT2D eigenvalue weighted by molar-refractivity contribution is -0.144. The van der Waals surface area contributed by atoms with E-state index in [2.05, 4.69) is 22.3 Å². The lowest BCUT2D eigenvalue weighted by atomic mass is 9.89. The summed E-state index contributed by atoms with van der Waals surface area (Å²) in [5.41, 5.74) is 0.136. The molecule has 0 radical (unpaired) electrons. The number of esters is 1. The Bertz CT molecular complexity index is 289. The Hall–Kier alpha value is -1.14. The number of carbonyl (C=O) groups is 2. The molecule has 0 aromatic rings. The summed E-state index contributed by atoms with van der Waals surface area (Å²) in [7, 11) is 1.30.